The summed E-state index contributed by atoms with van der Waals surface area (Å²) in [5.74, 6) is 0. The van der Waals surface area contributed by atoms with Gasteiger partial charge in [0.25, 0.3) is 0 Å². The van der Waals surface area contributed by atoms with Crippen LogP contribution in [0.5, 0.6) is 0 Å². The molecule has 0 unspecified atom stereocenters. The number of hydrogen-bond donors (Lipinski definition) is 1. The summed E-state index contributed by atoms with van der Waals surface area (Å²) in [6, 6.07) is 9.17. The molecule has 0 amide bonds. The zero-order valence-corrected chi connectivity index (χ0v) is 10.5. The molecule has 0 fully saturated rings. The Morgan fingerprint density at radius 1 is 1.06 bits per heavy atom. The maximum absolute atomic E-state index is 12.4. The van der Waals surface area contributed by atoms with Crippen LogP contribution >= 0.6 is 11.3 Å². The normalized spacial score (nSPS) is 11.8. The van der Waals surface area contributed by atoms with E-state index in [0.717, 1.165) is 34.0 Å². The Labute approximate surface area is 107 Å². The van der Waals surface area contributed by atoms with Crippen molar-refractivity contribution in [2.24, 2.45) is 0 Å². The molecule has 2 rings (SSSR count). The summed E-state index contributed by atoms with van der Waals surface area (Å²) >= 11 is 1.58. The first kappa shape index (κ1) is 13.1. The van der Waals surface area contributed by atoms with Crippen LogP contribution in [0.2, 0.25) is 0 Å². The summed E-state index contributed by atoms with van der Waals surface area (Å²) in [6.07, 6.45) is -4.27. The average molecular weight is 271 g/mol. The molecule has 1 nitrogen and oxygen atoms in total. The Kier molecular flexibility index (Phi) is 3.73. The number of rotatable bonds is 3. The van der Waals surface area contributed by atoms with Crippen molar-refractivity contribution in [1.82, 2.24) is 5.32 Å². The van der Waals surface area contributed by atoms with Gasteiger partial charge in [0.2, 0.25) is 0 Å². The molecule has 96 valence electrons. The molecule has 0 bridgehead atoms. The van der Waals surface area contributed by atoms with Gasteiger partial charge >= 0.3 is 6.18 Å². The minimum absolute atomic E-state index is 0.613. The van der Waals surface area contributed by atoms with Crippen molar-refractivity contribution in [2.75, 3.05) is 7.05 Å². The molecule has 0 atom stereocenters. The van der Waals surface area contributed by atoms with Crippen LogP contribution in [0.25, 0.3) is 10.4 Å². The second-order valence-electron chi connectivity index (χ2n) is 3.87. The topological polar surface area (TPSA) is 12.0 Å². The SMILES string of the molecule is CNCc1ccc(-c2ccc(C(F)(F)F)cc2)s1. The number of alkyl halides is 3. The van der Waals surface area contributed by atoms with E-state index in [1.165, 1.54) is 12.1 Å². The van der Waals surface area contributed by atoms with Crippen molar-refractivity contribution in [3.63, 3.8) is 0 Å². The summed E-state index contributed by atoms with van der Waals surface area (Å²) in [4.78, 5) is 2.14. The van der Waals surface area contributed by atoms with E-state index in [9.17, 15) is 13.2 Å². The highest BCUT2D eigenvalue weighted by molar-refractivity contribution is 7.15. The largest absolute Gasteiger partial charge is 0.416 e. The third-order valence-electron chi connectivity index (χ3n) is 2.51. The van der Waals surface area contributed by atoms with E-state index in [0.29, 0.717) is 0 Å². The van der Waals surface area contributed by atoms with E-state index in [4.69, 9.17) is 0 Å². The molecular formula is C13H12F3NS. The molecule has 1 aromatic carbocycles. The van der Waals surface area contributed by atoms with Gasteiger partial charge in [-0.05, 0) is 36.9 Å². The van der Waals surface area contributed by atoms with Gasteiger partial charge in [0.15, 0.2) is 0 Å². The van der Waals surface area contributed by atoms with Crippen LogP contribution in [0, 0.1) is 0 Å². The lowest BCUT2D eigenvalue weighted by Crippen LogP contribution is -2.03. The molecule has 5 heteroatoms. The zero-order valence-electron chi connectivity index (χ0n) is 9.71. The Morgan fingerprint density at radius 3 is 2.28 bits per heavy atom. The highest BCUT2D eigenvalue weighted by Gasteiger charge is 2.29. The first-order valence-electron chi connectivity index (χ1n) is 5.41. The van der Waals surface area contributed by atoms with Gasteiger partial charge in [-0.2, -0.15) is 13.2 Å². The van der Waals surface area contributed by atoms with Gasteiger partial charge < -0.3 is 5.32 Å². The predicted octanol–water partition coefficient (Wildman–Crippen LogP) is 4.15. The van der Waals surface area contributed by atoms with Crippen LogP contribution in [0.3, 0.4) is 0 Å². The van der Waals surface area contributed by atoms with Crippen molar-refractivity contribution in [2.45, 2.75) is 12.7 Å². The summed E-state index contributed by atoms with van der Waals surface area (Å²) in [6.45, 7) is 0.769. The van der Waals surface area contributed by atoms with Crippen molar-refractivity contribution < 1.29 is 13.2 Å². The van der Waals surface area contributed by atoms with Crippen molar-refractivity contribution in [3.05, 3.63) is 46.8 Å². The quantitative estimate of drug-likeness (QED) is 0.884. The standard InChI is InChI=1S/C13H12F3NS/c1-17-8-11-6-7-12(18-11)9-2-4-10(5-3-9)13(14,15)16/h2-7,17H,8H2,1H3. The summed E-state index contributed by atoms with van der Waals surface area (Å²) in [7, 11) is 1.86. The van der Waals surface area contributed by atoms with Crippen LogP contribution in [-0.4, -0.2) is 7.05 Å². The fourth-order valence-corrected chi connectivity index (χ4v) is 2.65. The van der Waals surface area contributed by atoms with Gasteiger partial charge in [-0.1, -0.05) is 12.1 Å². The number of hydrogen-bond acceptors (Lipinski definition) is 2. The van der Waals surface area contributed by atoms with Crippen molar-refractivity contribution in [3.8, 4) is 10.4 Å². The molecule has 0 spiro atoms. The van der Waals surface area contributed by atoms with Gasteiger partial charge in [-0.15, -0.1) is 11.3 Å². The molecule has 0 aliphatic carbocycles. The third-order valence-corrected chi connectivity index (χ3v) is 3.64. The minimum Gasteiger partial charge on any atom is -0.315 e. The van der Waals surface area contributed by atoms with E-state index in [2.05, 4.69) is 5.32 Å². The minimum atomic E-state index is -4.27. The number of halogens is 3. The molecule has 0 aliphatic rings. The Balaban J connectivity index is 2.23. The Morgan fingerprint density at radius 2 is 1.72 bits per heavy atom. The molecule has 1 N–H and O–H groups in total. The fourth-order valence-electron chi connectivity index (χ4n) is 1.63. The van der Waals surface area contributed by atoms with Gasteiger partial charge in [0.1, 0.15) is 0 Å². The number of thiophene rings is 1. The van der Waals surface area contributed by atoms with Crippen LogP contribution < -0.4 is 5.32 Å². The van der Waals surface area contributed by atoms with Gasteiger partial charge in [-0.3, -0.25) is 0 Å². The second kappa shape index (κ2) is 5.12. The molecule has 0 aliphatic heterocycles. The molecule has 18 heavy (non-hydrogen) atoms. The molecule has 0 saturated heterocycles. The van der Waals surface area contributed by atoms with Gasteiger partial charge in [0, 0.05) is 16.3 Å². The highest BCUT2D eigenvalue weighted by atomic mass is 32.1. The number of nitrogens with one attached hydrogen (secondary N) is 1. The Hall–Kier alpha value is -1.33. The van der Waals surface area contributed by atoms with Crippen LogP contribution in [0.1, 0.15) is 10.4 Å². The maximum atomic E-state index is 12.4. The van der Waals surface area contributed by atoms with E-state index >= 15 is 0 Å². The van der Waals surface area contributed by atoms with Gasteiger partial charge in [0.05, 0.1) is 5.56 Å². The van der Waals surface area contributed by atoms with Crippen LogP contribution in [-0.2, 0) is 12.7 Å². The average Bonchev–Trinajstić information content (AvgIpc) is 2.77. The highest BCUT2D eigenvalue weighted by Crippen LogP contribution is 2.33. The smallest absolute Gasteiger partial charge is 0.315 e. The predicted molar refractivity (Wildman–Crippen MR) is 67.5 cm³/mol. The molecule has 0 radical (unpaired) electrons. The molecular weight excluding hydrogens is 259 g/mol. The van der Waals surface area contributed by atoms with E-state index < -0.39 is 11.7 Å². The van der Waals surface area contributed by atoms with E-state index in [1.807, 2.05) is 19.2 Å². The zero-order chi connectivity index (χ0) is 13.2. The molecule has 2 aromatic rings. The first-order chi connectivity index (χ1) is 8.50. The van der Waals surface area contributed by atoms with Crippen LogP contribution in [0.4, 0.5) is 13.2 Å². The van der Waals surface area contributed by atoms with Gasteiger partial charge in [-0.25, -0.2) is 0 Å². The van der Waals surface area contributed by atoms with Crippen molar-refractivity contribution in [1.29, 1.82) is 0 Å². The summed E-state index contributed by atoms with van der Waals surface area (Å²) in [5.41, 5.74) is 0.202. The maximum Gasteiger partial charge on any atom is 0.416 e. The Bertz CT molecular complexity index is 514. The monoisotopic (exact) mass is 271 g/mol. The van der Waals surface area contributed by atoms with Crippen LogP contribution in [0.15, 0.2) is 36.4 Å². The first-order valence-corrected chi connectivity index (χ1v) is 6.23. The second-order valence-corrected chi connectivity index (χ2v) is 5.04. The lowest BCUT2D eigenvalue weighted by Gasteiger charge is -2.06. The van der Waals surface area contributed by atoms with E-state index in [1.54, 1.807) is 11.3 Å². The molecule has 1 heterocycles. The third kappa shape index (κ3) is 2.91. The molecule has 1 aromatic heterocycles. The number of benzene rings is 1. The van der Waals surface area contributed by atoms with E-state index in [-0.39, 0.29) is 0 Å². The molecule has 0 saturated carbocycles. The fraction of sp³-hybridized carbons (Fsp3) is 0.231. The van der Waals surface area contributed by atoms with Crippen molar-refractivity contribution >= 4 is 11.3 Å². The lowest BCUT2D eigenvalue weighted by atomic mass is 10.1. The lowest BCUT2D eigenvalue weighted by molar-refractivity contribution is -0.137. The summed E-state index contributed by atoms with van der Waals surface area (Å²) < 4.78 is 37.3. The summed E-state index contributed by atoms with van der Waals surface area (Å²) in [5, 5.41) is 3.04.